The minimum Gasteiger partial charge on any atom is -0.490 e. The van der Waals surface area contributed by atoms with Gasteiger partial charge in [-0.2, -0.15) is 0 Å². The Balaban J connectivity index is 1.62. The van der Waals surface area contributed by atoms with Crippen LogP contribution in [0.4, 0.5) is 0 Å². The molecule has 2 heterocycles. The van der Waals surface area contributed by atoms with E-state index in [9.17, 15) is 4.79 Å². The average molecular weight is 344 g/mol. The lowest BCUT2D eigenvalue weighted by atomic mass is 10.3. The highest BCUT2D eigenvalue weighted by Gasteiger charge is 2.15. The van der Waals surface area contributed by atoms with Crippen molar-refractivity contribution in [3.63, 3.8) is 0 Å². The Hall–Kier alpha value is -2.53. The number of fused-ring (bicyclic) bond motifs is 1. The summed E-state index contributed by atoms with van der Waals surface area (Å²) in [5, 5.41) is 0.558. The molecule has 0 aliphatic carbocycles. The number of para-hydroxylation sites is 1. The van der Waals surface area contributed by atoms with E-state index in [0.717, 1.165) is 11.2 Å². The van der Waals surface area contributed by atoms with Gasteiger partial charge in [0.15, 0.2) is 0 Å². The molecule has 0 bridgehead atoms. The number of aryl methyl sites for hydroxylation is 1. The molecular formula is C18H18ClN3O2. The van der Waals surface area contributed by atoms with E-state index in [1.165, 1.54) is 0 Å². The van der Waals surface area contributed by atoms with Gasteiger partial charge in [-0.1, -0.05) is 23.7 Å². The monoisotopic (exact) mass is 343 g/mol. The van der Waals surface area contributed by atoms with Crippen LogP contribution in [0, 0.1) is 6.92 Å². The fourth-order valence-corrected chi connectivity index (χ4v) is 2.53. The van der Waals surface area contributed by atoms with Crippen molar-refractivity contribution in [2.24, 2.45) is 0 Å². The summed E-state index contributed by atoms with van der Waals surface area (Å²) in [6.07, 6.45) is 3.64. The normalized spacial score (nSPS) is 10.8. The first-order valence-corrected chi connectivity index (χ1v) is 8.00. The summed E-state index contributed by atoms with van der Waals surface area (Å²) in [5.74, 6) is 0.474. The molecule has 3 rings (SSSR count). The number of carbonyl (C=O) groups excluding carboxylic acids is 1. The Kier molecular flexibility index (Phi) is 4.71. The summed E-state index contributed by atoms with van der Waals surface area (Å²) in [4.78, 5) is 18.5. The SMILES string of the molecule is Cc1ccn2cc(C(=O)N(C)CCOc3ccccc3Cl)nc2c1. The van der Waals surface area contributed by atoms with Gasteiger partial charge in [0.1, 0.15) is 23.7 Å². The van der Waals surface area contributed by atoms with Gasteiger partial charge in [-0.25, -0.2) is 4.98 Å². The number of halogens is 1. The van der Waals surface area contributed by atoms with E-state index < -0.39 is 0 Å². The first kappa shape index (κ1) is 16.3. The van der Waals surface area contributed by atoms with Crippen LogP contribution in [0.5, 0.6) is 5.75 Å². The third-order valence-electron chi connectivity index (χ3n) is 3.70. The summed E-state index contributed by atoms with van der Waals surface area (Å²) < 4.78 is 7.46. The van der Waals surface area contributed by atoms with Crippen molar-refractivity contribution < 1.29 is 9.53 Å². The van der Waals surface area contributed by atoms with Gasteiger partial charge in [-0.15, -0.1) is 0 Å². The van der Waals surface area contributed by atoms with Gasteiger partial charge in [0.05, 0.1) is 11.6 Å². The number of imidazole rings is 1. The van der Waals surface area contributed by atoms with Gasteiger partial charge in [0.2, 0.25) is 0 Å². The quantitative estimate of drug-likeness (QED) is 0.713. The van der Waals surface area contributed by atoms with Crippen molar-refractivity contribution >= 4 is 23.2 Å². The average Bonchev–Trinajstić information content (AvgIpc) is 2.98. The number of amides is 1. The Morgan fingerprint density at radius 3 is 2.92 bits per heavy atom. The maximum absolute atomic E-state index is 12.5. The number of carbonyl (C=O) groups is 1. The number of benzene rings is 1. The third kappa shape index (κ3) is 3.51. The first-order valence-electron chi connectivity index (χ1n) is 7.63. The molecule has 1 aromatic carbocycles. The number of ether oxygens (including phenoxy) is 1. The van der Waals surface area contributed by atoms with Crippen LogP contribution < -0.4 is 4.74 Å². The molecule has 0 saturated carbocycles. The van der Waals surface area contributed by atoms with Crippen molar-refractivity contribution in [2.75, 3.05) is 20.2 Å². The van der Waals surface area contributed by atoms with E-state index in [2.05, 4.69) is 4.98 Å². The van der Waals surface area contributed by atoms with Gasteiger partial charge in [-0.3, -0.25) is 4.79 Å². The molecule has 0 aliphatic heterocycles. The van der Waals surface area contributed by atoms with Gasteiger partial charge in [0, 0.05) is 19.4 Å². The van der Waals surface area contributed by atoms with E-state index in [1.54, 1.807) is 30.3 Å². The molecule has 0 unspecified atom stereocenters. The number of hydrogen-bond acceptors (Lipinski definition) is 3. The maximum Gasteiger partial charge on any atom is 0.273 e. The molecule has 5 nitrogen and oxygen atoms in total. The largest absolute Gasteiger partial charge is 0.490 e. The highest BCUT2D eigenvalue weighted by atomic mass is 35.5. The Labute approximate surface area is 145 Å². The number of nitrogens with zero attached hydrogens (tertiary/aromatic N) is 3. The predicted molar refractivity (Wildman–Crippen MR) is 93.8 cm³/mol. The molecule has 0 radical (unpaired) electrons. The fraction of sp³-hybridized carbons (Fsp3) is 0.222. The number of hydrogen-bond donors (Lipinski definition) is 0. The van der Waals surface area contributed by atoms with Crippen molar-refractivity contribution in [1.29, 1.82) is 0 Å². The number of likely N-dealkylation sites (N-methyl/N-ethyl adjacent to an activating group) is 1. The smallest absolute Gasteiger partial charge is 0.273 e. The summed E-state index contributed by atoms with van der Waals surface area (Å²) in [6, 6.07) is 11.2. The zero-order chi connectivity index (χ0) is 17.1. The Morgan fingerprint density at radius 2 is 2.12 bits per heavy atom. The molecule has 0 N–H and O–H groups in total. The molecule has 3 aromatic rings. The highest BCUT2D eigenvalue weighted by molar-refractivity contribution is 6.32. The second kappa shape index (κ2) is 6.93. The van der Waals surface area contributed by atoms with E-state index in [0.29, 0.717) is 29.6 Å². The third-order valence-corrected chi connectivity index (χ3v) is 4.01. The topological polar surface area (TPSA) is 46.8 Å². The highest BCUT2D eigenvalue weighted by Crippen LogP contribution is 2.22. The fourth-order valence-electron chi connectivity index (χ4n) is 2.34. The number of rotatable bonds is 5. The van der Waals surface area contributed by atoms with Gasteiger partial charge in [0.25, 0.3) is 5.91 Å². The summed E-state index contributed by atoms with van der Waals surface area (Å²) in [7, 11) is 1.73. The molecule has 124 valence electrons. The van der Waals surface area contributed by atoms with Crippen molar-refractivity contribution in [1.82, 2.24) is 14.3 Å². The molecule has 0 saturated heterocycles. The maximum atomic E-state index is 12.5. The lowest BCUT2D eigenvalue weighted by Gasteiger charge is -2.16. The molecule has 0 spiro atoms. The Bertz CT molecular complexity index is 876. The van der Waals surface area contributed by atoms with Gasteiger partial charge < -0.3 is 14.0 Å². The van der Waals surface area contributed by atoms with Gasteiger partial charge >= 0.3 is 0 Å². The van der Waals surface area contributed by atoms with Crippen LogP contribution in [0.1, 0.15) is 16.1 Å². The van der Waals surface area contributed by atoms with Crippen LogP contribution in [0.2, 0.25) is 5.02 Å². The second-order valence-corrected chi connectivity index (χ2v) is 6.01. The molecule has 6 heteroatoms. The molecule has 24 heavy (non-hydrogen) atoms. The van der Waals surface area contributed by atoms with E-state index in [1.807, 2.05) is 41.8 Å². The molecule has 1 amide bonds. The molecule has 0 fully saturated rings. The second-order valence-electron chi connectivity index (χ2n) is 5.60. The van der Waals surface area contributed by atoms with Crippen LogP contribution in [0.25, 0.3) is 5.65 Å². The zero-order valence-corrected chi connectivity index (χ0v) is 14.3. The van der Waals surface area contributed by atoms with E-state index >= 15 is 0 Å². The Morgan fingerprint density at radius 1 is 1.33 bits per heavy atom. The van der Waals surface area contributed by atoms with Gasteiger partial charge in [-0.05, 0) is 36.8 Å². The molecular weight excluding hydrogens is 326 g/mol. The lowest BCUT2D eigenvalue weighted by Crippen LogP contribution is -2.31. The van der Waals surface area contributed by atoms with Crippen LogP contribution >= 0.6 is 11.6 Å². The lowest BCUT2D eigenvalue weighted by molar-refractivity contribution is 0.0768. The number of aromatic nitrogens is 2. The molecule has 2 aromatic heterocycles. The summed E-state index contributed by atoms with van der Waals surface area (Å²) in [5.41, 5.74) is 2.29. The minimum atomic E-state index is -0.140. The van der Waals surface area contributed by atoms with Crippen LogP contribution in [0.3, 0.4) is 0 Å². The predicted octanol–water partition coefficient (Wildman–Crippen LogP) is 3.45. The summed E-state index contributed by atoms with van der Waals surface area (Å²) in [6.45, 7) is 2.80. The van der Waals surface area contributed by atoms with Crippen molar-refractivity contribution in [2.45, 2.75) is 6.92 Å². The van der Waals surface area contributed by atoms with E-state index in [4.69, 9.17) is 16.3 Å². The molecule has 0 aliphatic rings. The van der Waals surface area contributed by atoms with Crippen LogP contribution in [-0.2, 0) is 0 Å². The van der Waals surface area contributed by atoms with Crippen LogP contribution in [0.15, 0.2) is 48.8 Å². The summed E-state index contributed by atoms with van der Waals surface area (Å²) >= 11 is 6.04. The molecule has 0 atom stereocenters. The van der Waals surface area contributed by atoms with E-state index in [-0.39, 0.29) is 5.91 Å². The zero-order valence-electron chi connectivity index (χ0n) is 13.6. The first-order chi connectivity index (χ1) is 11.5. The van der Waals surface area contributed by atoms with Crippen LogP contribution in [-0.4, -0.2) is 40.4 Å². The van der Waals surface area contributed by atoms with Crippen molar-refractivity contribution in [3.05, 3.63) is 65.1 Å². The standard InChI is InChI=1S/C18H18ClN3O2/c1-13-7-8-22-12-15(20-17(22)11-13)18(23)21(2)9-10-24-16-6-4-3-5-14(16)19/h3-8,11-12H,9-10H2,1-2H3. The van der Waals surface area contributed by atoms with Crippen molar-refractivity contribution in [3.8, 4) is 5.75 Å². The number of pyridine rings is 1. The minimum absolute atomic E-state index is 0.140.